The molecule has 0 aliphatic carbocycles. The fourth-order valence-corrected chi connectivity index (χ4v) is 4.82. The Bertz CT molecular complexity index is 1050. The lowest BCUT2D eigenvalue weighted by Crippen LogP contribution is -2.52. The average molecular weight is 392 g/mol. The summed E-state index contributed by atoms with van der Waals surface area (Å²) in [7, 11) is 0. The van der Waals surface area contributed by atoms with E-state index in [4.69, 9.17) is 5.10 Å². The molecule has 3 aromatic rings. The predicted molar refractivity (Wildman–Crippen MR) is 114 cm³/mol. The normalized spacial score (nSPS) is 23.2. The Kier molecular flexibility index (Phi) is 4.28. The number of rotatable bonds is 3. The fourth-order valence-electron chi connectivity index (χ4n) is 4.82. The van der Waals surface area contributed by atoms with Crippen LogP contribution in [0.3, 0.4) is 0 Å². The third-order valence-electron chi connectivity index (χ3n) is 6.30. The second kappa shape index (κ2) is 6.62. The topological polar surface area (TPSA) is 66.2 Å². The van der Waals surface area contributed by atoms with Crippen molar-refractivity contribution < 1.29 is 5.11 Å². The number of para-hydroxylation sites is 1. The second-order valence-corrected chi connectivity index (χ2v) is 9.57. The Labute approximate surface area is 171 Å². The number of hydrogen-bond acceptors (Lipinski definition) is 5. The molecule has 6 heteroatoms. The van der Waals surface area contributed by atoms with Crippen LogP contribution in [0.25, 0.3) is 22.2 Å². The van der Waals surface area contributed by atoms with E-state index in [1.165, 1.54) is 5.69 Å². The van der Waals surface area contributed by atoms with E-state index in [2.05, 4.69) is 58.9 Å². The molecule has 2 atom stereocenters. The van der Waals surface area contributed by atoms with Crippen molar-refractivity contribution in [1.29, 1.82) is 0 Å². The molecule has 0 bridgehead atoms. The van der Waals surface area contributed by atoms with Crippen molar-refractivity contribution in [2.24, 2.45) is 0 Å². The number of aliphatic hydroxyl groups excluding tert-OH is 1. The average Bonchev–Trinajstić information content (AvgIpc) is 3.37. The first-order valence-corrected chi connectivity index (χ1v) is 10.5. The molecular weight excluding hydrogens is 362 g/mol. The lowest BCUT2D eigenvalue weighted by molar-refractivity contribution is -0.0279. The molecule has 5 rings (SSSR count). The molecule has 29 heavy (non-hydrogen) atoms. The van der Waals surface area contributed by atoms with Crippen LogP contribution in [0.15, 0.2) is 42.6 Å². The number of likely N-dealkylation sites (tertiary alicyclic amines) is 1. The van der Waals surface area contributed by atoms with Crippen LogP contribution in [-0.4, -0.2) is 49.8 Å². The number of aryl methyl sites for hydroxylation is 1. The van der Waals surface area contributed by atoms with Gasteiger partial charge in [-0.05, 0) is 51.8 Å². The summed E-state index contributed by atoms with van der Waals surface area (Å²) in [4.78, 5) is 6.76. The van der Waals surface area contributed by atoms with Crippen molar-refractivity contribution in [1.82, 2.24) is 25.0 Å². The Balaban J connectivity index is 1.41. The standard InChI is InChI=1S/C23H29N5O/c1-22(2,3)25-21(29)27-10-8-23(15-27)9-11-28-20(23)13-19(26-28)17-12-16-6-4-5-7-18(16)24-14-17/h4-7,12-14,21,25,29H,8-11,15H2,1-3H3. The minimum Gasteiger partial charge on any atom is -0.365 e. The van der Waals surface area contributed by atoms with Gasteiger partial charge in [0.1, 0.15) is 0 Å². The Hall–Kier alpha value is -2.28. The van der Waals surface area contributed by atoms with E-state index in [1.807, 2.05) is 24.4 Å². The van der Waals surface area contributed by atoms with Gasteiger partial charge in [-0.3, -0.25) is 19.9 Å². The summed E-state index contributed by atoms with van der Waals surface area (Å²) >= 11 is 0. The van der Waals surface area contributed by atoms with E-state index in [0.717, 1.165) is 54.6 Å². The molecule has 1 saturated heterocycles. The number of fused-ring (bicyclic) bond motifs is 3. The van der Waals surface area contributed by atoms with Gasteiger partial charge in [-0.1, -0.05) is 18.2 Å². The molecule has 2 unspecified atom stereocenters. The molecular formula is C23H29N5O. The summed E-state index contributed by atoms with van der Waals surface area (Å²) in [6.45, 7) is 8.93. The van der Waals surface area contributed by atoms with Gasteiger partial charge < -0.3 is 5.11 Å². The van der Waals surface area contributed by atoms with E-state index >= 15 is 0 Å². The van der Waals surface area contributed by atoms with E-state index in [1.54, 1.807) is 0 Å². The highest BCUT2D eigenvalue weighted by molar-refractivity contribution is 5.82. The molecule has 1 aromatic carbocycles. The molecule has 1 fully saturated rings. The van der Waals surface area contributed by atoms with Gasteiger partial charge in [0, 0.05) is 53.4 Å². The van der Waals surface area contributed by atoms with Gasteiger partial charge in [0.25, 0.3) is 0 Å². The molecule has 0 radical (unpaired) electrons. The van der Waals surface area contributed by atoms with Crippen molar-refractivity contribution in [3.63, 3.8) is 0 Å². The number of hydrogen-bond donors (Lipinski definition) is 2. The van der Waals surface area contributed by atoms with E-state index < -0.39 is 6.35 Å². The van der Waals surface area contributed by atoms with Crippen LogP contribution in [0.4, 0.5) is 0 Å². The van der Waals surface area contributed by atoms with Gasteiger partial charge in [0.15, 0.2) is 6.35 Å². The van der Waals surface area contributed by atoms with Gasteiger partial charge >= 0.3 is 0 Å². The number of aliphatic hydroxyl groups is 1. The van der Waals surface area contributed by atoms with Gasteiger partial charge in [0.05, 0.1) is 11.2 Å². The molecule has 1 spiro atoms. The van der Waals surface area contributed by atoms with Crippen LogP contribution >= 0.6 is 0 Å². The first-order valence-electron chi connectivity index (χ1n) is 10.5. The fraction of sp³-hybridized carbons (Fsp3) is 0.478. The number of benzene rings is 1. The van der Waals surface area contributed by atoms with Crippen LogP contribution in [0, 0.1) is 0 Å². The van der Waals surface area contributed by atoms with Crippen molar-refractivity contribution >= 4 is 10.9 Å². The molecule has 0 amide bonds. The first-order chi connectivity index (χ1) is 13.8. The Morgan fingerprint density at radius 3 is 2.76 bits per heavy atom. The third-order valence-corrected chi connectivity index (χ3v) is 6.30. The summed E-state index contributed by atoms with van der Waals surface area (Å²) < 4.78 is 2.16. The summed E-state index contributed by atoms with van der Waals surface area (Å²) in [5, 5.41) is 20.0. The highest BCUT2D eigenvalue weighted by Gasteiger charge is 2.47. The summed E-state index contributed by atoms with van der Waals surface area (Å²) in [6.07, 6.45) is 3.45. The van der Waals surface area contributed by atoms with E-state index in [0.29, 0.717) is 0 Å². The molecule has 2 aromatic heterocycles. The highest BCUT2D eigenvalue weighted by atomic mass is 16.3. The van der Waals surface area contributed by atoms with Gasteiger partial charge in [-0.25, -0.2) is 0 Å². The van der Waals surface area contributed by atoms with Gasteiger partial charge in [-0.15, -0.1) is 0 Å². The van der Waals surface area contributed by atoms with Crippen LogP contribution < -0.4 is 5.32 Å². The van der Waals surface area contributed by atoms with E-state index in [9.17, 15) is 5.11 Å². The molecule has 2 aliphatic rings. The largest absolute Gasteiger partial charge is 0.365 e. The summed E-state index contributed by atoms with van der Waals surface area (Å²) in [5.74, 6) is 0. The SMILES string of the molecule is CC(C)(C)NC(O)N1CCC2(CCn3nc(-c4cnc5ccccc5c4)cc32)C1. The molecule has 0 saturated carbocycles. The van der Waals surface area contributed by atoms with Gasteiger partial charge in [0.2, 0.25) is 0 Å². The van der Waals surface area contributed by atoms with Crippen LogP contribution in [-0.2, 0) is 12.0 Å². The second-order valence-electron chi connectivity index (χ2n) is 9.57. The quantitative estimate of drug-likeness (QED) is 0.672. The predicted octanol–water partition coefficient (Wildman–Crippen LogP) is 3.11. The molecule has 6 nitrogen and oxygen atoms in total. The van der Waals surface area contributed by atoms with Crippen LogP contribution in [0.2, 0.25) is 0 Å². The number of nitrogens with zero attached hydrogens (tertiary/aromatic N) is 4. The third kappa shape index (κ3) is 3.35. The minimum absolute atomic E-state index is 0.0794. The zero-order chi connectivity index (χ0) is 20.2. The Morgan fingerprint density at radius 2 is 1.93 bits per heavy atom. The van der Waals surface area contributed by atoms with Crippen LogP contribution in [0.1, 0.15) is 39.3 Å². The first kappa shape index (κ1) is 18.7. The number of pyridine rings is 1. The summed E-state index contributed by atoms with van der Waals surface area (Å²) in [5.41, 5.74) is 4.31. The molecule has 4 heterocycles. The Morgan fingerprint density at radius 1 is 1.14 bits per heavy atom. The monoisotopic (exact) mass is 391 g/mol. The lowest BCUT2D eigenvalue weighted by atomic mass is 9.82. The van der Waals surface area contributed by atoms with Gasteiger partial charge in [-0.2, -0.15) is 5.10 Å². The van der Waals surface area contributed by atoms with Crippen molar-refractivity contribution in [3.05, 3.63) is 48.3 Å². The number of nitrogens with one attached hydrogen (secondary N) is 1. The lowest BCUT2D eigenvalue weighted by Gasteiger charge is -2.32. The maximum absolute atomic E-state index is 10.6. The van der Waals surface area contributed by atoms with Crippen molar-refractivity contribution in [2.75, 3.05) is 13.1 Å². The smallest absolute Gasteiger partial charge is 0.163 e. The minimum atomic E-state index is -0.615. The zero-order valence-corrected chi connectivity index (χ0v) is 17.4. The maximum Gasteiger partial charge on any atom is 0.163 e. The van der Waals surface area contributed by atoms with E-state index in [-0.39, 0.29) is 11.0 Å². The summed E-state index contributed by atoms with van der Waals surface area (Å²) in [6, 6.07) is 12.6. The van der Waals surface area contributed by atoms with Crippen LogP contribution in [0.5, 0.6) is 0 Å². The number of aromatic nitrogens is 3. The maximum atomic E-state index is 10.6. The molecule has 152 valence electrons. The van der Waals surface area contributed by atoms with Crippen molar-refractivity contribution in [3.8, 4) is 11.3 Å². The highest BCUT2D eigenvalue weighted by Crippen LogP contribution is 2.44. The molecule has 2 N–H and O–H groups in total. The molecule has 2 aliphatic heterocycles. The van der Waals surface area contributed by atoms with Crippen molar-refractivity contribution in [2.45, 2.75) is 57.5 Å². The zero-order valence-electron chi connectivity index (χ0n) is 17.4.